The van der Waals surface area contributed by atoms with Gasteiger partial charge in [-0.15, -0.1) is 0 Å². The highest BCUT2D eigenvalue weighted by Gasteiger charge is 2.11. The summed E-state index contributed by atoms with van der Waals surface area (Å²) in [7, 11) is 0. The molecule has 1 aliphatic rings. The number of aryl methyl sites for hydroxylation is 2. The van der Waals surface area contributed by atoms with Gasteiger partial charge in [-0.05, 0) is 13.3 Å². The van der Waals surface area contributed by atoms with Crippen molar-refractivity contribution in [3.05, 3.63) is 35.0 Å². The lowest BCUT2D eigenvalue weighted by atomic mass is 10.3. The molecule has 1 aliphatic heterocycles. The molecule has 1 saturated heterocycles. The molecular formula is C16H28N8O. The van der Waals surface area contributed by atoms with E-state index in [0.29, 0.717) is 13.2 Å². The highest BCUT2D eigenvalue weighted by atomic mass is 16.2. The highest BCUT2D eigenvalue weighted by molar-refractivity contribution is 4.84. The lowest BCUT2D eigenvalue weighted by molar-refractivity contribution is 0.238. The van der Waals surface area contributed by atoms with Crippen LogP contribution in [-0.4, -0.2) is 68.1 Å². The molecule has 0 bridgehead atoms. The Hall–Kier alpha value is -1.97. The molecule has 2 aromatic heterocycles. The lowest BCUT2D eigenvalue weighted by Gasteiger charge is -2.27. The van der Waals surface area contributed by atoms with Crippen molar-refractivity contribution in [1.82, 2.24) is 39.4 Å². The van der Waals surface area contributed by atoms with Crippen molar-refractivity contribution in [2.45, 2.75) is 33.1 Å². The normalized spacial score (nSPS) is 15.7. The van der Waals surface area contributed by atoms with Gasteiger partial charge < -0.3 is 9.88 Å². The molecule has 0 amide bonds. The molecule has 25 heavy (non-hydrogen) atoms. The van der Waals surface area contributed by atoms with Crippen LogP contribution in [-0.2, 0) is 19.8 Å². The Balaban J connectivity index is 1.43. The number of aromatic nitrogens is 5. The van der Waals surface area contributed by atoms with Crippen molar-refractivity contribution in [3.8, 4) is 0 Å². The minimum atomic E-state index is -0.0437. The third-order valence-corrected chi connectivity index (χ3v) is 4.54. The molecule has 0 aromatic carbocycles. The van der Waals surface area contributed by atoms with E-state index in [-0.39, 0.29) is 5.69 Å². The molecule has 0 atom stereocenters. The van der Waals surface area contributed by atoms with E-state index in [9.17, 15) is 4.79 Å². The van der Waals surface area contributed by atoms with Gasteiger partial charge in [0, 0.05) is 64.8 Å². The second kappa shape index (κ2) is 8.93. The first kappa shape index (κ1) is 17.8. The van der Waals surface area contributed by atoms with E-state index in [1.165, 1.54) is 4.68 Å². The molecule has 2 aromatic rings. The van der Waals surface area contributed by atoms with E-state index < -0.39 is 0 Å². The minimum Gasteiger partial charge on any atom is -0.337 e. The Labute approximate surface area is 147 Å². The van der Waals surface area contributed by atoms with Crippen LogP contribution in [0.1, 0.15) is 12.2 Å². The summed E-state index contributed by atoms with van der Waals surface area (Å²) in [6, 6.07) is 0. The molecule has 0 aliphatic carbocycles. The zero-order chi connectivity index (χ0) is 17.5. The Bertz CT molecular complexity index is 684. The maximum atomic E-state index is 12.5. The lowest BCUT2D eigenvalue weighted by Crippen LogP contribution is -2.46. The van der Waals surface area contributed by atoms with Gasteiger partial charge in [-0.1, -0.05) is 0 Å². The number of imidazole rings is 1. The van der Waals surface area contributed by atoms with Crippen LogP contribution in [0.4, 0.5) is 0 Å². The van der Waals surface area contributed by atoms with Crippen molar-refractivity contribution in [2.24, 2.45) is 0 Å². The van der Waals surface area contributed by atoms with Crippen LogP contribution in [0.3, 0.4) is 0 Å². The highest BCUT2D eigenvalue weighted by Crippen LogP contribution is 1.97. The first-order chi connectivity index (χ1) is 12.2. The van der Waals surface area contributed by atoms with Crippen molar-refractivity contribution < 1.29 is 0 Å². The molecule has 3 heterocycles. The zero-order valence-corrected chi connectivity index (χ0v) is 14.9. The van der Waals surface area contributed by atoms with Gasteiger partial charge in [0.25, 0.3) is 0 Å². The van der Waals surface area contributed by atoms with Crippen molar-refractivity contribution in [1.29, 1.82) is 0 Å². The van der Waals surface area contributed by atoms with Crippen LogP contribution in [0, 0.1) is 6.92 Å². The number of piperazine rings is 1. The molecule has 0 unspecified atom stereocenters. The van der Waals surface area contributed by atoms with E-state index in [0.717, 1.165) is 58.1 Å². The number of rotatable bonds is 9. The number of hydrogen-bond acceptors (Lipinski definition) is 6. The predicted octanol–water partition coefficient (Wildman–Crippen LogP) is -0.908. The van der Waals surface area contributed by atoms with Crippen LogP contribution in [0.2, 0.25) is 0 Å². The molecule has 0 radical (unpaired) electrons. The van der Waals surface area contributed by atoms with Crippen molar-refractivity contribution in [2.75, 3.05) is 39.3 Å². The summed E-state index contributed by atoms with van der Waals surface area (Å²) in [5, 5.41) is 11.0. The molecule has 138 valence electrons. The minimum absolute atomic E-state index is 0.0437. The molecule has 0 saturated carbocycles. The van der Waals surface area contributed by atoms with Gasteiger partial charge in [0.1, 0.15) is 5.82 Å². The number of hydrogen-bond donors (Lipinski definition) is 2. The van der Waals surface area contributed by atoms with Gasteiger partial charge in [-0.2, -0.15) is 9.78 Å². The molecule has 9 heteroatoms. The van der Waals surface area contributed by atoms with Crippen LogP contribution >= 0.6 is 0 Å². The summed E-state index contributed by atoms with van der Waals surface area (Å²) < 4.78 is 5.28. The van der Waals surface area contributed by atoms with E-state index in [4.69, 9.17) is 0 Å². The van der Waals surface area contributed by atoms with Gasteiger partial charge in [0.2, 0.25) is 0 Å². The largest absolute Gasteiger partial charge is 0.347 e. The SMILES string of the molecule is Cc1nn(CNCCN2CCNCC2)c(=O)n1CCCn1ccnc1. The van der Waals surface area contributed by atoms with Crippen LogP contribution in [0.25, 0.3) is 0 Å². The molecule has 1 fully saturated rings. The summed E-state index contributed by atoms with van der Waals surface area (Å²) >= 11 is 0. The smallest absolute Gasteiger partial charge is 0.337 e. The molecular weight excluding hydrogens is 320 g/mol. The first-order valence-corrected chi connectivity index (χ1v) is 8.98. The summed E-state index contributed by atoms with van der Waals surface area (Å²) in [6.45, 7) is 10.0. The molecule has 2 N–H and O–H groups in total. The van der Waals surface area contributed by atoms with Gasteiger partial charge >= 0.3 is 5.69 Å². The Morgan fingerprint density at radius 2 is 2.08 bits per heavy atom. The van der Waals surface area contributed by atoms with Gasteiger partial charge in [-0.3, -0.25) is 14.8 Å². The molecule has 9 nitrogen and oxygen atoms in total. The molecule has 3 rings (SSSR count). The second-order valence-corrected chi connectivity index (χ2v) is 6.38. The Kier molecular flexibility index (Phi) is 6.37. The summed E-state index contributed by atoms with van der Waals surface area (Å²) in [6.07, 6.45) is 6.36. The molecule has 0 spiro atoms. The van der Waals surface area contributed by atoms with E-state index in [2.05, 4.69) is 25.6 Å². The number of nitrogens with one attached hydrogen (secondary N) is 2. The summed E-state index contributed by atoms with van der Waals surface area (Å²) in [5.74, 6) is 0.763. The van der Waals surface area contributed by atoms with Crippen molar-refractivity contribution in [3.63, 3.8) is 0 Å². The monoisotopic (exact) mass is 348 g/mol. The second-order valence-electron chi connectivity index (χ2n) is 6.38. The van der Waals surface area contributed by atoms with E-state index in [1.54, 1.807) is 17.1 Å². The summed E-state index contributed by atoms with van der Waals surface area (Å²) in [4.78, 5) is 18.9. The average Bonchev–Trinajstić information content (AvgIpc) is 3.23. The quantitative estimate of drug-likeness (QED) is 0.571. The Morgan fingerprint density at radius 1 is 1.24 bits per heavy atom. The first-order valence-electron chi connectivity index (χ1n) is 8.98. The van der Waals surface area contributed by atoms with E-state index >= 15 is 0 Å². The predicted molar refractivity (Wildman–Crippen MR) is 95.4 cm³/mol. The topological polar surface area (TPSA) is 84.9 Å². The zero-order valence-electron chi connectivity index (χ0n) is 14.9. The maximum absolute atomic E-state index is 12.5. The standard InChI is InChI=1S/C16H28N8O/c1-15-20-24(14-19-5-11-21-9-3-17-4-10-21)16(25)23(15)8-2-7-22-12-6-18-13-22/h6,12-13,17,19H,2-5,7-11,14H2,1H3. The maximum Gasteiger partial charge on any atom is 0.347 e. The average molecular weight is 348 g/mol. The van der Waals surface area contributed by atoms with Crippen molar-refractivity contribution >= 4 is 0 Å². The summed E-state index contributed by atoms with van der Waals surface area (Å²) in [5.41, 5.74) is -0.0437. The van der Waals surface area contributed by atoms with Crippen LogP contribution in [0.5, 0.6) is 0 Å². The van der Waals surface area contributed by atoms with Gasteiger partial charge in [-0.25, -0.2) is 9.78 Å². The fourth-order valence-corrected chi connectivity index (χ4v) is 3.10. The third-order valence-electron chi connectivity index (χ3n) is 4.54. The van der Waals surface area contributed by atoms with Crippen LogP contribution in [0.15, 0.2) is 23.5 Å². The fourth-order valence-electron chi connectivity index (χ4n) is 3.10. The Morgan fingerprint density at radius 3 is 2.84 bits per heavy atom. The van der Waals surface area contributed by atoms with Gasteiger partial charge in [0.05, 0.1) is 13.0 Å². The van der Waals surface area contributed by atoms with E-state index in [1.807, 2.05) is 17.7 Å². The van der Waals surface area contributed by atoms with Gasteiger partial charge in [0.15, 0.2) is 0 Å². The fraction of sp³-hybridized carbons (Fsp3) is 0.688. The number of nitrogens with zero attached hydrogens (tertiary/aromatic N) is 6. The third kappa shape index (κ3) is 5.00. The van der Waals surface area contributed by atoms with Crippen LogP contribution < -0.4 is 16.3 Å².